The van der Waals surface area contributed by atoms with Crippen molar-refractivity contribution in [3.05, 3.63) is 37.0 Å². The summed E-state index contributed by atoms with van der Waals surface area (Å²) in [6.45, 7) is 5.68. The van der Waals surface area contributed by atoms with Gasteiger partial charge in [0.2, 0.25) is 0 Å². The normalized spacial score (nSPS) is 11.3. The molecule has 0 saturated heterocycles. The van der Waals surface area contributed by atoms with Crippen LogP contribution in [0, 0.1) is 0 Å². The number of rotatable bonds is 5. The molecular formula is C10H16. The summed E-state index contributed by atoms with van der Waals surface area (Å²) in [4.78, 5) is 0. The average molecular weight is 136 g/mol. The molecule has 0 nitrogen and oxygen atoms in total. The molecule has 0 heteroatoms. The number of unbranched alkanes of at least 4 members (excludes halogenated alkanes) is 1. The van der Waals surface area contributed by atoms with Crippen LogP contribution in [0.3, 0.4) is 0 Å². The second-order valence-corrected chi connectivity index (χ2v) is 2.14. The zero-order valence-corrected chi connectivity index (χ0v) is 6.72. The lowest BCUT2D eigenvalue weighted by Crippen LogP contribution is -1.63. The highest BCUT2D eigenvalue weighted by Gasteiger charge is 1.73. The highest BCUT2D eigenvalue weighted by atomic mass is 13.8. The van der Waals surface area contributed by atoms with Crippen LogP contribution in [0.1, 0.15) is 26.2 Å². The van der Waals surface area contributed by atoms with Gasteiger partial charge in [0.05, 0.1) is 0 Å². The second-order valence-electron chi connectivity index (χ2n) is 2.14. The minimum Gasteiger partial charge on any atom is -0.103 e. The highest BCUT2D eigenvalue weighted by molar-refractivity contribution is 4.90. The van der Waals surface area contributed by atoms with Crippen LogP contribution in [0.5, 0.6) is 0 Å². The third-order valence-corrected chi connectivity index (χ3v) is 1.21. The van der Waals surface area contributed by atoms with Crippen molar-refractivity contribution >= 4 is 0 Å². The minimum absolute atomic E-state index is 0.996. The SMILES string of the molecule is C=CC/C=C\CC/C=C/C. The lowest BCUT2D eigenvalue weighted by Gasteiger charge is -1.84. The van der Waals surface area contributed by atoms with Gasteiger partial charge in [-0.05, 0) is 26.2 Å². The van der Waals surface area contributed by atoms with Crippen LogP contribution in [0.25, 0.3) is 0 Å². The monoisotopic (exact) mass is 136 g/mol. The summed E-state index contributed by atoms with van der Waals surface area (Å²) in [5.74, 6) is 0. The van der Waals surface area contributed by atoms with Crippen LogP contribution in [0.15, 0.2) is 37.0 Å². The third kappa shape index (κ3) is 7.22. The van der Waals surface area contributed by atoms with Gasteiger partial charge in [-0.2, -0.15) is 0 Å². The van der Waals surface area contributed by atoms with E-state index < -0.39 is 0 Å². The number of hydrogen-bond acceptors (Lipinski definition) is 0. The van der Waals surface area contributed by atoms with Crippen LogP contribution in [0.4, 0.5) is 0 Å². The van der Waals surface area contributed by atoms with E-state index in [1.54, 1.807) is 0 Å². The molecule has 0 spiro atoms. The first-order valence-electron chi connectivity index (χ1n) is 3.79. The molecule has 0 aromatic rings. The van der Waals surface area contributed by atoms with Crippen molar-refractivity contribution in [2.45, 2.75) is 26.2 Å². The smallest absolute Gasteiger partial charge is 0.0172 e. The first kappa shape index (κ1) is 9.22. The van der Waals surface area contributed by atoms with Gasteiger partial charge >= 0.3 is 0 Å². The quantitative estimate of drug-likeness (QED) is 0.401. The van der Waals surface area contributed by atoms with Gasteiger partial charge in [0.15, 0.2) is 0 Å². The van der Waals surface area contributed by atoms with Crippen LogP contribution in [-0.2, 0) is 0 Å². The van der Waals surface area contributed by atoms with Gasteiger partial charge in [0.1, 0.15) is 0 Å². The average Bonchev–Trinajstić information content (AvgIpc) is 1.97. The van der Waals surface area contributed by atoms with Crippen LogP contribution < -0.4 is 0 Å². The third-order valence-electron chi connectivity index (χ3n) is 1.21. The van der Waals surface area contributed by atoms with Crippen molar-refractivity contribution in [2.24, 2.45) is 0 Å². The summed E-state index contributed by atoms with van der Waals surface area (Å²) in [5.41, 5.74) is 0. The summed E-state index contributed by atoms with van der Waals surface area (Å²) >= 11 is 0. The predicted molar refractivity (Wildman–Crippen MR) is 48.0 cm³/mol. The molecule has 0 unspecified atom stereocenters. The van der Waals surface area contributed by atoms with Crippen molar-refractivity contribution in [2.75, 3.05) is 0 Å². The van der Waals surface area contributed by atoms with E-state index in [1.807, 2.05) is 13.0 Å². The molecule has 0 aliphatic heterocycles. The number of hydrogen-bond donors (Lipinski definition) is 0. The Labute approximate surface area is 64.0 Å². The molecule has 0 aliphatic rings. The van der Waals surface area contributed by atoms with Crippen molar-refractivity contribution in [1.29, 1.82) is 0 Å². The molecule has 0 fully saturated rings. The van der Waals surface area contributed by atoms with Crippen LogP contribution >= 0.6 is 0 Å². The Kier molecular flexibility index (Phi) is 7.58. The molecule has 0 aromatic heterocycles. The summed E-state index contributed by atoms with van der Waals surface area (Å²) in [6.07, 6.45) is 13.8. The standard InChI is InChI=1S/C10H16/c1-3-5-7-9-10-8-6-4-2/h3-4,6-7,9H,1,5,8,10H2,2H3/b6-4+,9-7-. The summed E-state index contributed by atoms with van der Waals surface area (Å²) in [6, 6.07) is 0. The number of allylic oxidation sites excluding steroid dienone is 5. The fourth-order valence-corrected chi connectivity index (χ4v) is 0.669. The van der Waals surface area contributed by atoms with E-state index in [0.717, 1.165) is 19.3 Å². The van der Waals surface area contributed by atoms with E-state index in [9.17, 15) is 0 Å². The fraction of sp³-hybridized carbons (Fsp3) is 0.400. The lowest BCUT2D eigenvalue weighted by molar-refractivity contribution is 1.04. The topological polar surface area (TPSA) is 0 Å². The minimum atomic E-state index is 0.996. The Morgan fingerprint density at radius 3 is 2.40 bits per heavy atom. The van der Waals surface area contributed by atoms with Gasteiger partial charge in [0, 0.05) is 0 Å². The van der Waals surface area contributed by atoms with Crippen LogP contribution in [-0.4, -0.2) is 0 Å². The van der Waals surface area contributed by atoms with E-state index in [0.29, 0.717) is 0 Å². The molecule has 0 rings (SSSR count). The first-order valence-corrected chi connectivity index (χ1v) is 3.79. The van der Waals surface area contributed by atoms with E-state index in [-0.39, 0.29) is 0 Å². The maximum absolute atomic E-state index is 3.63. The lowest BCUT2D eigenvalue weighted by atomic mass is 10.2. The highest BCUT2D eigenvalue weighted by Crippen LogP contribution is 1.93. The Morgan fingerprint density at radius 1 is 1.10 bits per heavy atom. The van der Waals surface area contributed by atoms with Gasteiger partial charge in [-0.3, -0.25) is 0 Å². The molecule has 0 atom stereocenters. The van der Waals surface area contributed by atoms with E-state index in [4.69, 9.17) is 0 Å². The first-order chi connectivity index (χ1) is 4.91. The molecule has 0 aromatic carbocycles. The van der Waals surface area contributed by atoms with Gasteiger partial charge < -0.3 is 0 Å². The molecule has 0 heterocycles. The van der Waals surface area contributed by atoms with Gasteiger partial charge in [-0.15, -0.1) is 6.58 Å². The largest absolute Gasteiger partial charge is 0.103 e. The van der Waals surface area contributed by atoms with Gasteiger partial charge in [0.25, 0.3) is 0 Å². The Hall–Kier alpha value is -0.780. The van der Waals surface area contributed by atoms with Gasteiger partial charge in [-0.1, -0.05) is 30.4 Å². The van der Waals surface area contributed by atoms with E-state index >= 15 is 0 Å². The van der Waals surface area contributed by atoms with Crippen molar-refractivity contribution in [1.82, 2.24) is 0 Å². The maximum atomic E-state index is 3.63. The zero-order valence-electron chi connectivity index (χ0n) is 6.72. The zero-order chi connectivity index (χ0) is 7.66. The molecule has 0 radical (unpaired) electrons. The molecule has 0 aliphatic carbocycles. The summed E-state index contributed by atoms with van der Waals surface area (Å²) < 4.78 is 0. The Morgan fingerprint density at radius 2 is 1.80 bits per heavy atom. The molecule has 56 valence electrons. The predicted octanol–water partition coefficient (Wildman–Crippen LogP) is 3.48. The van der Waals surface area contributed by atoms with E-state index in [1.165, 1.54) is 0 Å². The van der Waals surface area contributed by atoms with E-state index in [2.05, 4.69) is 30.9 Å². The molecular weight excluding hydrogens is 120 g/mol. The molecule has 0 saturated carbocycles. The Bertz CT molecular complexity index is 118. The molecule has 0 amide bonds. The second kappa shape index (κ2) is 8.22. The summed E-state index contributed by atoms with van der Waals surface area (Å²) in [7, 11) is 0. The summed E-state index contributed by atoms with van der Waals surface area (Å²) in [5, 5.41) is 0. The van der Waals surface area contributed by atoms with Crippen molar-refractivity contribution < 1.29 is 0 Å². The molecule has 0 bridgehead atoms. The van der Waals surface area contributed by atoms with Crippen LogP contribution in [0.2, 0.25) is 0 Å². The fourth-order valence-electron chi connectivity index (χ4n) is 0.669. The maximum Gasteiger partial charge on any atom is -0.0172 e. The molecule has 0 N–H and O–H groups in total. The van der Waals surface area contributed by atoms with Crippen molar-refractivity contribution in [3.63, 3.8) is 0 Å². The van der Waals surface area contributed by atoms with Gasteiger partial charge in [-0.25, -0.2) is 0 Å². The molecule has 10 heavy (non-hydrogen) atoms. The Balaban J connectivity index is 3.09. The van der Waals surface area contributed by atoms with Crippen molar-refractivity contribution in [3.8, 4) is 0 Å².